The van der Waals surface area contributed by atoms with Gasteiger partial charge in [0.05, 0.1) is 11.6 Å². The molecule has 1 aromatic heterocycles. The van der Waals surface area contributed by atoms with Gasteiger partial charge in [-0.05, 0) is 72.9 Å². The molecular weight excluding hydrogens is 470 g/mol. The summed E-state index contributed by atoms with van der Waals surface area (Å²) >= 11 is 0. The Morgan fingerprint density at radius 2 is 1.55 bits per heavy atom. The number of nitrogens with zero attached hydrogens (tertiary/aromatic N) is 2. The smallest absolute Gasteiger partial charge is 0.255 e. The van der Waals surface area contributed by atoms with E-state index in [0.29, 0.717) is 17.8 Å². The summed E-state index contributed by atoms with van der Waals surface area (Å²) in [5, 5.41) is 3.07. The number of nitrogens with one attached hydrogen (secondary N) is 1. The number of carbonyl (C=O) groups is 2. The molecule has 194 valence electrons. The van der Waals surface area contributed by atoms with Crippen LogP contribution in [0, 0.1) is 5.92 Å². The molecule has 6 rings (SSSR count). The number of allylic oxidation sites excluding steroid dienone is 3. The molecule has 3 aliphatic rings. The molecule has 2 aromatic carbocycles. The van der Waals surface area contributed by atoms with Crippen LogP contribution < -0.4 is 10.2 Å². The molecule has 5 nitrogen and oxygen atoms in total. The topological polar surface area (TPSA) is 62.3 Å². The Bertz CT molecular complexity index is 1340. The second-order valence-corrected chi connectivity index (χ2v) is 10.4. The van der Waals surface area contributed by atoms with Crippen LogP contribution >= 0.6 is 0 Å². The molecule has 3 aromatic rings. The Morgan fingerprint density at radius 1 is 0.868 bits per heavy atom. The highest BCUT2D eigenvalue weighted by molar-refractivity contribution is 6.02. The molecule has 0 saturated heterocycles. The minimum absolute atomic E-state index is 0.0380. The van der Waals surface area contributed by atoms with Crippen molar-refractivity contribution < 1.29 is 9.59 Å². The van der Waals surface area contributed by atoms with Gasteiger partial charge in [-0.15, -0.1) is 0 Å². The Kier molecular flexibility index (Phi) is 8.12. The van der Waals surface area contributed by atoms with E-state index in [1.54, 1.807) is 18.3 Å². The highest BCUT2D eigenvalue weighted by Crippen LogP contribution is 2.29. The third kappa shape index (κ3) is 6.28. The molecule has 0 spiro atoms. The van der Waals surface area contributed by atoms with E-state index in [4.69, 9.17) is 0 Å². The molecule has 1 fully saturated rings. The van der Waals surface area contributed by atoms with Crippen molar-refractivity contribution in [3.8, 4) is 0 Å². The first kappa shape index (κ1) is 25.7. The largest absolute Gasteiger partial charge is 0.342 e. The molecule has 38 heavy (non-hydrogen) atoms. The first-order valence-electron chi connectivity index (χ1n) is 13.6. The van der Waals surface area contributed by atoms with Crippen molar-refractivity contribution in [2.45, 2.75) is 51.0 Å². The van der Waals surface area contributed by atoms with E-state index in [2.05, 4.69) is 77.1 Å². The molecule has 3 heterocycles. The second kappa shape index (κ2) is 12.0. The average Bonchev–Trinajstić information content (AvgIpc) is 2.90. The maximum atomic E-state index is 13.5. The third-order valence-corrected chi connectivity index (χ3v) is 7.53. The van der Waals surface area contributed by atoms with Crippen molar-refractivity contribution in [2.75, 3.05) is 11.9 Å². The van der Waals surface area contributed by atoms with Crippen LogP contribution in [-0.2, 0) is 30.5 Å². The summed E-state index contributed by atoms with van der Waals surface area (Å²) in [5.74, 6) is 0.461. The second-order valence-electron chi connectivity index (χ2n) is 10.4. The first-order chi connectivity index (χ1) is 18.6. The minimum Gasteiger partial charge on any atom is -0.342 e. The number of hydrogen-bond donors (Lipinski definition) is 1. The van der Waals surface area contributed by atoms with Crippen LogP contribution in [0.15, 0.2) is 91.3 Å². The Balaban J connectivity index is 1.46. The van der Waals surface area contributed by atoms with Crippen LogP contribution in [0.3, 0.4) is 0 Å². The molecule has 1 amide bonds. The fraction of sp³-hybridized carbons (Fsp3) is 0.303. The molecule has 4 bridgehead atoms. The first-order valence-corrected chi connectivity index (χ1v) is 13.6. The van der Waals surface area contributed by atoms with Crippen molar-refractivity contribution >= 4 is 17.5 Å². The van der Waals surface area contributed by atoms with E-state index in [1.807, 2.05) is 18.1 Å². The number of ketones is 1. The normalized spacial score (nSPS) is 20.4. The third-order valence-electron chi connectivity index (χ3n) is 7.53. The van der Waals surface area contributed by atoms with E-state index in [9.17, 15) is 9.59 Å². The molecule has 0 radical (unpaired) electrons. The number of benzene rings is 2. The average molecular weight is 506 g/mol. The van der Waals surface area contributed by atoms with Crippen molar-refractivity contribution in [3.63, 3.8) is 0 Å². The van der Waals surface area contributed by atoms with Crippen LogP contribution in [0.4, 0.5) is 5.82 Å². The summed E-state index contributed by atoms with van der Waals surface area (Å²) in [6.45, 7) is 0. The Morgan fingerprint density at radius 3 is 2.26 bits per heavy atom. The summed E-state index contributed by atoms with van der Waals surface area (Å²) in [5.41, 5.74) is 5.25. The highest BCUT2D eigenvalue weighted by Gasteiger charge is 2.33. The van der Waals surface area contributed by atoms with E-state index in [0.717, 1.165) is 44.1 Å². The zero-order valence-corrected chi connectivity index (χ0v) is 22.0. The Labute approximate surface area is 225 Å². The van der Waals surface area contributed by atoms with Crippen LogP contribution in [0.2, 0.25) is 0 Å². The zero-order valence-electron chi connectivity index (χ0n) is 22.0. The molecule has 1 unspecified atom stereocenters. The number of aromatic nitrogens is 1. The molecule has 1 saturated carbocycles. The number of rotatable bonds is 2. The molecule has 1 N–H and O–H groups in total. The van der Waals surface area contributed by atoms with Gasteiger partial charge in [0.15, 0.2) is 5.78 Å². The summed E-state index contributed by atoms with van der Waals surface area (Å²) in [4.78, 5) is 33.2. The van der Waals surface area contributed by atoms with Crippen LogP contribution in [0.5, 0.6) is 0 Å². The van der Waals surface area contributed by atoms with Gasteiger partial charge in [0.1, 0.15) is 5.82 Å². The number of carbonyl (C=O) groups excluding carboxylic acids is 2. The predicted molar refractivity (Wildman–Crippen MR) is 152 cm³/mol. The van der Waals surface area contributed by atoms with Gasteiger partial charge in [-0.1, -0.05) is 73.2 Å². The van der Waals surface area contributed by atoms with Gasteiger partial charge >= 0.3 is 0 Å². The van der Waals surface area contributed by atoms with Gasteiger partial charge in [0.2, 0.25) is 0 Å². The summed E-state index contributed by atoms with van der Waals surface area (Å²) < 4.78 is 0. The van der Waals surface area contributed by atoms with Gasteiger partial charge in [0, 0.05) is 25.4 Å². The molecule has 2 aliphatic heterocycles. The van der Waals surface area contributed by atoms with Crippen LogP contribution in [-0.4, -0.2) is 29.8 Å². The van der Waals surface area contributed by atoms with Crippen LogP contribution in [0.25, 0.3) is 0 Å². The quantitative estimate of drug-likeness (QED) is 0.458. The number of Topliss-reactive ketones (excluding diaryl/α,β-unsaturated/α-hetero) is 1. The lowest BCUT2D eigenvalue weighted by molar-refractivity contribution is -0.127. The lowest BCUT2D eigenvalue weighted by Gasteiger charge is -2.29. The molecular formula is C33H35N3O2. The van der Waals surface area contributed by atoms with E-state index >= 15 is 0 Å². The standard InChI is InChI=1S/C33H35N3O2/c1-36-21-7-12-26-11-4-10-25(22-26)9-3-2-8-24-16-18-27(19-17-24)23-30(31(37)28-13-5-14-28)35-33(38)29-15-6-20-34-32(29)36/h2-4,6-7,10-11,15-22,28,30H,5,8-9,12-14,23H2,1H3,(H,35,38)/b3-2-,21-7-. The van der Waals surface area contributed by atoms with Gasteiger partial charge < -0.3 is 10.2 Å². The SMILES string of the molecule is CN1/C=C\Cc2cccc(c2)C/C=C\Cc2ccc(cc2)CC(C(=O)C2CCC2)NC(=O)c2cccnc21. The van der Waals surface area contributed by atoms with Crippen molar-refractivity contribution in [3.05, 3.63) is 119 Å². The number of fused-ring (bicyclic) bond motifs is 9. The maximum Gasteiger partial charge on any atom is 0.255 e. The molecule has 5 heteroatoms. The number of pyridine rings is 1. The fourth-order valence-electron chi connectivity index (χ4n) is 5.08. The molecule has 1 atom stereocenters. The Hall–Kier alpha value is -3.99. The van der Waals surface area contributed by atoms with Crippen molar-refractivity contribution in [2.24, 2.45) is 5.92 Å². The monoisotopic (exact) mass is 505 g/mol. The number of anilines is 1. The lowest BCUT2D eigenvalue weighted by atomic mass is 9.78. The van der Waals surface area contributed by atoms with Gasteiger partial charge in [-0.3, -0.25) is 9.59 Å². The fourth-order valence-corrected chi connectivity index (χ4v) is 5.08. The highest BCUT2D eigenvalue weighted by atomic mass is 16.2. The summed E-state index contributed by atoms with van der Waals surface area (Å²) in [6.07, 6.45) is 16.1. The number of amides is 1. The van der Waals surface area contributed by atoms with E-state index in [-0.39, 0.29) is 17.6 Å². The lowest BCUT2D eigenvalue weighted by Crippen LogP contribution is -2.46. The van der Waals surface area contributed by atoms with E-state index < -0.39 is 6.04 Å². The van der Waals surface area contributed by atoms with Gasteiger partial charge in [-0.25, -0.2) is 4.98 Å². The van der Waals surface area contributed by atoms with Crippen molar-refractivity contribution in [1.29, 1.82) is 0 Å². The van der Waals surface area contributed by atoms with Crippen molar-refractivity contribution in [1.82, 2.24) is 10.3 Å². The van der Waals surface area contributed by atoms with E-state index in [1.165, 1.54) is 16.7 Å². The summed E-state index contributed by atoms with van der Waals surface area (Å²) in [6, 6.07) is 20.0. The zero-order chi connectivity index (χ0) is 26.3. The molecule has 1 aliphatic carbocycles. The minimum atomic E-state index is -0.562. The number of hydrogen-bond acceptors (Lipinski definition) is 4. The van der Waals surface area contributed by atoms with Crippen LogP contribution in [0.1, 0.15) is 51.9 Å². The van der Waals surface area contributed by atoms with Gasteiger partial charge in [-0.2, -0.15) is 0 Å². The maximum absolute atomic E-state index is 13.5. The summed E-state index contributed by atoms with van der Waals surface area (Å²) in [7, 11) is 1.89. The predicted octanol–water partition coefficient (Wildman–Crippen LogP) is 5.64. The van der Waals surface area contributed by atoms with Gasteiger partial charge in [0.25, 0.3) is 5.91 Å².